The van der Waals surface area contributed by atoms with E-state index in [2.05, 4.69) is 5.32 Å². The number of fused-ring (bicyclic) bond motifs is 1. The Balaban J connectivity index is 2.09. The van der Waals surface area contributed by atoms with E-state index in [-0.39, 0.29) is 12.5 Å². The van der Waals surface area contributed by atoms with Crippen molar-refractivity contribution in [2.24, 2.45) is 5.73 Å². The van der Waals surface area contributed by atoms with Crippen LogP contribution in [0.5, 0.6) is 5.75 Å². The number of carbonyl (C=O) groups excluding carboxylic acids is 1. The van der Waals surface area contributed by atoms with Gasteiger partial charge in [-0.15, -0.1) is 0 Å². The molecule has 16 heavy (non-hydrogen) atoms. The van der Waals surface area contributed by atoms with Crippen LogP contribution in [0.15, 0.2) is 18.2 Å². The Hall–Kier alpha value is -1.59. The maximum absolute atomic E-state index is 11.3. The molecule has 0 saturated heterocycles. The van der Waals surface area contributed by atoms with E-state index in [9.17, 15) is 4.79 Å². The number of ether oxygens (including phenoxy) is 1. The van der Waals surface area contributed by atoms with Crippen molar-refractivity contribution in [2.75, 3.05) is 18.5 Å². The molecule has 0 spiro atoms. The Labute approximate surface area is 93.2 Å². The molecular formula is C11H14N2O3. The number of hydrogen-bond acceptors (Lipinski definition) is 4. The van der Waals surface area contributed by atoms with Gasteiger partial charge in [-0.1, -0.05) is 6.07 Å². The van der Waals surface area contributed by atoms with Crippen LogP contribution >= 0.6 is 0 Å². The number of rotatable bonds is 4. The molecule has 0 bridgehead atoms. The number of amides is 1. The van der Waals surface area contributed by atoms with Gasteiger partial charge in [-0.05, 0) is 6.07 Å². The molecule has 1 aliphatic heterocycles. The van der Waals surface area contributed by atoms with E-state index in [4.69, 9.17) is 15.6 Å². The molecule has 1 aromatic carbocycles. The van der Waals surface area contributed by atoms with Gasteiger partial charge in [0.2, 0.25) is 5.91 Å². The number of benzene rings is 1. The average Bonchev–Trinajstić information content (AvgIpc) is 2.55. The molecule has 1 aliphatic rings. The molecule has 0 aromatic heterocycles. The summed E-state index contributed by atoms with van der Waals surface area (Å²) in [5.41, 5.74) is 7.17. The van der Waals surface area contributed by atoms with Gasteiger partial charge in [-0.3, -0.25) is 4.79 Å². The Morgan fingerprint density at radius 1 is 1.50 bits per heavy atom. The average molecular weight is 222 g/mol. The van der Waals surface area contributed by atoms with E-state index in [1.54, 1.807) is 18.2 Å². The maximum atomic E-state index is 11.3. The molecule has 0 aliphatic carbocycles. The summed E-state index contributed by atoms with van der Waals surface area (Å²) in [6.07, 6.45) is 0.586. The van der Waals surface area contributed by atoms with Crippen LogP contribution < -0.4 is 15.8 Å². The van der Waals surface area contributed by atoms with Gasteiger partial charge in [0, 0.05) is 30.3 Å². The molecule has 0 fully saturated rings. The number of aliphatic hydroxyl groups is 1. The van der Waals surface area contributed by atoms with Gasteiger partial charge in [-0.2, -0.15) is 0 Å². The normalized spacial score (nSPS) is 18.1. The molecule has 4 N–H and O–H groups in total. The van der Waals surface area contributed by atoms with Crippen LogP contribution in [-0.2, 0) is 4.79 Å². The van der Waals surface area contributed by atoms with Crippen LogP contribution in [0.2, 0.25) is 0 Å². The summed E-state index contributed by atoms with van der Waals surface area (Å²) in [5.74, 6) is 0.476. The zero-order chi connectivity index (χ0) is 11.5. The fourth-order valence-electron chi connectivity index (χ4n) is 1.61. The van der Waals surface area contributed by atoms with Crippen molar-refractivity contribution in [2.45, 2.75) is 12.5 Å². The standard InChI is InChI=1S/C11H14N2O3/c12-10-8-3-2-7(16-5-1-4-14)6-9(8)13-11(10)15/h2-3,6,10,14H,1,4-5,12H2,(H,13,15). The third-order valence-electron chi connectivity index (χ3n) is 2.47. The lowest BCUT2D eigenvalue weighted by Crippen LogP contribution is -2.19. The van der Waals surface area contributed by atoms with Crippen LogP contribution in [0.3, 0.4) is 0 Å². The number of nitrogens with one attached hydrogen (secondary N) is 1. The van der Waals surface area contributed by atoms with Crippen molar-refractivity contribution in [3.8, 4) is 5.75 Å². The smallest absolute Gasteiger partial charge is 0.245 e. The van der Waals surface area contributed by atoms with Crippen LogP contribution in [0.25, 0.3) is 0 Å². The first-order valence-corrected chi connectivity index (χ1v) is 5.16. The molecule has 0 radical (unpaired) electrons. The third kappa shape index (κ3) is 2.00. The van der Waals surface area contributed by atoms with E-state index in [0.717, 1.165) is 5.56 Å². The number of hydrogen-bond donors (Lipinski definition) is 3. The summed E-state index contributed by atoms with van der Waals surface area (Å²) >= 11 is 0. The van der Waals surface area contributed by atoms with Crippen molar-refractivity contribution >= 4 is 11.6 Å². The second-order valence-electron chi connectivity index (χ2n) is 3.64. The lowest BCUT2D eigenvalue weighted by atomic mass is 10.1. The first kappa shape index (κ1) is 10.9. The minimum absolute atomic E-state index is 0.104. The summed E-state index contributed by atoms with van der Waals surface area (Å²) in [6.45, 7) is 0.557. The Bertz CT molecular complexity index is 406. The summed E-state index contributed by atoms with van der Waals surface area (Å²) < 4.78 is 5.39. The van der Waals surface area contributed by atoms with Gasteiger partial charge in [0.15, 0.2) is 0 Å². The largest absolute Gasteiger partial charge is 0.493 e. The second kappa shape index (κ2) is 4.51. The Morgan fingerprint density at radius 2 is 2.31 bits per heavy atom. The van der Waals surface area contributed by atoms with Crippen molar-refractivity contribution in [3.05, 3.63) is 23.8 Å². The number of aliphatic hydroxyl groups excluding tert-OH is 1. The molecule has 1 unspecified atom stereocenters. The maximum Gasteiger partial charge on any atom is 0.245 e. The molecule has 1 atom stereocenters. The summed E-state index contributed by atoms with van der Waals surface area (Å²) in [7, 11) is 0. The van der Waals surface area contributed by atoms with E-state index < -0.39 is 6.04 Å². The molecule has 2 rings (SSSR count). The minimum Gasteiger partial charge on any atom is -0.493 e. The predicted octanol–water partition coefficient (Wildman–Crippen LogP) is 0.400. The van der Waals surface area contributed by atoms with Gasteiger partial charge in [0.05, 0.1) is 6.61 Å². The first-order valence-electron chi connectivity index (χ1n) is 5.16. The zero-order valence-electron chi connectivity index (χ0n) is 8.77. The van der Waals surface area contributed by atoms with Gasteiger partial charge < -0.3 is 20.9 Å². The Morgan fingerprint density at radius 3 is 3.06 bits per heavy atom. The summed E-state index contributed by atoms with van der Waals surface area (Å²) in [6, 6.07) is 4.72. The third-order valence-corrected chi connectivity index (χ3v) is 2.47. The highest BCUT2D eigenvalue weighted by molar-refractivity contribution is 6.02. The molecule has 5 nitrogen and oxygen atoms in total. The molecular weight excluding hydrogens is 208 g/mol. The fraction of sp³-hybridized carbons (Fsp3) is 0.364. The minimum atomic E-state index is -0.582. The second-order valence-corrected chi connectivity index (χ2v) is 3.64. The summed E-state index contributed by atoms with van der Waals surface area (Å²) in [5, 5.41) is 11.3. The van der Waals surface area contributed by atoms with Gasteiger partial charge in [0.1, 0.15) is 11.8 Å². The van der Waals surface area contributed by atoms with E-state index in [0.29, 0.717) is 24.5 Å². The number of anilines is 1. The lowest BCUT2D eigenvalue weighted by Gasteiger charge is -2.07. The SMILES string of the molecule is NC1C(=O)Nc2cc(OCCCO)ccc21. The zero-order valence-corrected chi connectivity index (χ0v) is 8.77. The van der Waals surface area contributed by atoms with E-state index in [1.807, 2.05) is 0 Å². The van der Waals surface area contributed by atoms with Gasteiger partial charge >= 0.3 is 0 Å². The highest BCUT2D eigenvalue weighted by atomic mass is 16.5. The number of nitrogens with two attached hydrogens (primary N) is 1. The molecule has 1 aromatic rings. The van der Waals surface area contributed by atoms with E-state index in [1.165, 1.54) is 0 Å². The van der Waals surface area contributed by atoms with Crippen LogP contribution in [0.1, 0.15) is 18.0 Å². The van der Waals surface area contributed by atoms with Crippen LogP contribution in [0, 0.1) is 0 Å². The lowest BCUT2D eigenvalue weighted by molar-refractivity contribution is -0.116. The van der Waals surface area contributed by atoms with Crippen molar-refractivity contribution in [1.29, 1.82) is 0 Å². The van der Waals surface area contributed by atoms with Crippen molar-refractivity contribution in [3.63, 3.8) is 0 Å². The predicted molar refractivity (Wildman–Crippen MR) is 59.2 cm³/mol. The molecule has 1 amide bonds. The number of carbonyl (C=O) groups is 1. The van der Waals surface area contributed by atoms with Crippen LogP contribution in [0.4, 0.5) is 5.69 Å². The topological polar surface area (TPSA) is 84.6 Å². The molecule has 86 valence electrons. The summed E-state index contributed by atoms with van der Waals surface area (Å²) in [4.78, 5) is 11.3. The quantitative estimate of drug-likeness (QED) is 0.644. The van der Waals surface area contributed by atoms with E-state index >= 15 is 0 Å². The monoisotopic (exact) mass is 222 g/mol. The Kier molecular flexibility index (Phi) is 3.07. The van der Waals surface area contributed by atoms with Crippen molar-refractivity contribution in [1.82, 2.24) is 0 Å². The first-order chi connectivity index (χ1) is 7.72. The van der Waals surface area contributed by atoms with Gasteiger partial charge in [-0.25, -0.2) is 0 Å². The van der Waals surface area contributed by atoms with Gasteiger partial charge in [0.25, 0.3) is 0 Å². The van der Waals surface area contributed by atoms with Crippen molar-refractivity contribution < 1.29 is 14.6 Å². The fourth-order valence-corrected chi connectivity index (χ4v) is 1.61. The highest BCUT2D eigenvalue weighted by Gasteiger charge is 2.27. The van der Waals surface area contributed by atoms with Crippen LogP contribution in [-0.4, -0.2) is 24.2 Å². The highest BCUT2D eigenvalue weighted by Crippen LogP contribution is 2.32. The molecule has 1 heterocycles. The molecule has 5 heteroatoms. The molecule has 0 saturated carbocycles.